The highest BCUT2D eigenvalue weighted by Crippen LogP contribution is 2.34. The van der Waals surface area contributed by atoms with E-state index >= 15 is 0 Å². The van der Waals surface area contributed by atoms with Crippen molar-refractivity contribution in [1.82, 2.24) is 0 Å². The molecule has 0 aromatic carbocycles. The zero-order chi connectivity index (χ0) is 10.8. The third kappa shape index (κ3) is 1.69. The highest BCUT2D eigenvalue weighted by atomic mass is 31.1. The van der Waals surface area contributed by atoms with Crippen molar-refractivity contribution < 1.29 is 14.8 Å². The topological polar surface area (TPSA) is 106 Å². The summed E-state index contributed by atoms with van der Waals surface area (Å²) in [5.74, 6) is 0. The summed E-state index contributed by atoms with van der Waals surface area (Å²) in [6.07, 6.45) is 1.41. The van der Waals surface area contributed by atoms with Crippen LogP contribution in [0.5, 0.6) is 0 Å². The first kappa shape index (κ1) is 10.9. The van der Waals surface area contributed by atoms with Gasteiger partial charge in [0.15, 0.2) is 11.4 Å². The number of hydrogen-bond acceptors (Lipinski definition) is 4. The van der Waals surface area contributed by atoms with Crippen LogP contribution >= 0.6 is 8.46 Å². The van der Waals surface area contributed by atoms with Gasteiger partial charge in [-0.15, -0.1) is 0 Å². The van der Waals surface area contributed by atoms with Gasteiger partial charge in [0.25, 0.3) is 0 Å². The van der Waals surface area contributed by atoms with Gasteiger partial charge >= 0.3 is 8.46 Å². The first-order valence-corrected chi connectivity index (χ1v) is 4.71. The lowest BCUT2D eigenvalue weighted by atomic mass is 9.91. The van der Waals surface area contributed by atoms with E-state index in [1.54, 1.807) is 0 Å². The fraction of sp³-hybridized carbons (Fsp3) is 0.429. The molecule has 6 nitrogen and oxygen atoms in total. The standard InChI is InChI=1S/C7H8N3O3P/c1-7(12)5(9-10-8)3-2-4(14-13)6(7)11/h2-3,6,11-12H,1H3/p+1. The SMILES string of the molecule is CC1(O)C(N=[N+]=[N-])=CC=C([PH+]=O)C1O. The molecular weight excluding hydrogens is 205 g/mol. The minimum absolute atomic E-state index is 0.00880. The Labute approximate surface area is 81.4 Å². The van der Waals surface area contributed by atoms with Crippen LogP contribution in [0.3, 0.4) is 0 Å². The first-order chi connectivity index (χ1) is 6.54. The van der Waals surface area contributed by atoms with Crippen LogP contribution in [0.15, 0.2) is 28.3 Å². The molecule has 0 aliphatic heterocycles. The molecule has 2 N–H and O–H groups in total. The summed E-state index contributed by atoms with van der Waals surface area (Å²) in [4.78, 5) is 2.52. The maximum atomic E-state index is 10.6. The molecular formula is C7H9N3O3P+. The molecule has 7 heteroatoms. The van der Waals surface area contributed by atoms with E-state index in [1.807, 2.05) is 0 Å². The Morgan fingerprint density at radius 2 is 2.36 bits per heavy atom. The third-order valence-electron chi connectivity index (χ3n) is 2.04. The molecule has 0 aromatic heterocycles. The lowest BCUT2D eigenvalue weighted by molar-refractivity contribution is -0.0133. The molecule has 0 saturated heterocycles. The highest BCUT2D eigenvalue weighted by Gasteiger charge is 2.41. The molecule has 0 bridgehead atoms. The molecule has 0 spiro atoms. The predicted molar refractivity (Wildman–Crippen MR) is 50.9 cm³/mol. The van der Waals surface area contributed by atoms with Gasteiger partial charge in [0.1, 0.15) is 5.60 Å². The van der Waals surface area contributed by atoms with Crippen molar-refractivity contribution in [2.75, 3.05) is 0 Å². The van der Waals surface area contributed by atoms with E-state index in [4.69, 9.17) is 5.53 Å². The second-order valence-corrected chi connectivity index (χ2v) is 3.80. The largest absolute Gasteiger partial charge is 0.382 e. The van der Waals surface area contributed by atoms with Crippen molar-refractivity contribution in [1.29, 1.82) is 0 Å². The van der Waals surface area contributed by atoms with Gasteiger partial charge in [-0.3, -0.25) is 0 Å². The number of azide groups is 1. The Bertz CT molecular complexity index is 368. The number of rotatable bonds is 2. The smallest absolute Gasteiger partial charge is 0.361 e. The van der Waals surface area contributed by atoms with Crippen LogP contribution < -0.4 is 0 Å². The Balaban J connectivity index is 3.20. The van der Waals surface area contributed by atoms with Crippen molar-refractivity contribution >= 4 is 8.46 Å². The van der Waals surface area contributed by atoms with Crippen molar-refractivity contribution in [2.24, 2.45) is 5.11 Å². The van der Waals surface area contributed by atoms with Crippen LogP contribution in [0, 0.1) is 0 Å². The number of nitrogens with zero attached hydrogens (tertiary/aromatic N) is 3. The lowest BCUT2D eigenvalue weighted by Crippen LogP contribution is -2.42. The van der Waals surface area contributed by atoms with E-state index in [-0.39, 0.29) is 11.0 Å². The van der Waals surface area contributed by atoms with Crippen LogP contribution in [0.25, 0.3) is 10.4 Å². The van der Waals surface area contributed by atoms with Crippen LogP contribution in [0.2, 0.25) is 0 Å². The lowest BCUT2D eigenvalue weighted by Gasteiger charge is -2.29. The molecule has 1 aliphatic rings. The minimum Gasteiger partial charge on any atom is -0.382 e. The maximum Gasteiger partial charge on any atom is 0.361 e. The van der Waals surface area contributed by atoms with Crippen molar-refractivity contribution in [3.8, 4) is 0 Å². The summed E-state index contributed by atoms with van der Waals surface area (Å²) in [6.45, 7) is 1.30. The quantitative estimate of drug-likeness (QED) is 0.312. The van der Waals surface area contributed by atoms with Crippen LogP contribution in [0.4, 0.5) is 0 Å². The molecule has 0 fully saturated rings. The van der Waals surface area contributed by atoms with E-state index in [0.717, 1.165) is 0 Å². The average molecular weight is 214 g/mol. The zero-order valence-corrected chi connectivity index (χ0v) is 8.38. The second-order valence-electron chi connectivity index (χ2n) is 3.02. The van der Waals surface area contributed by atoms with Gasteiger partial charge in [0.05, 0.1) is 0 Å². The van der Waals surface area contributed by atoms with Crippen molar-refractivity contribution in [2.45, 2.75) is 18.6 Å². The average Bonchev–Trinajstić information content (AvgIpc) is 2.14. The zero-order valence-electron chi connectivity index (χ0n) is 7.38. The molecule has 74 valence electrons. The van der Waals surface area contributed by atoms with Gasteiger partial charge in [-0.2, -0.15) is 0 Å². The third-order valence-corrected chi connectivity index (χ3v) is 2.71. The summed E-state index contributed by atoms with van der Waals surface area (Å²) in [5.41, 5.74) is 6.53. The Kier molecular flexibility index (Phi) is 3.03. The van der Waals surface area contributed by atoms with Crippen molar-refractivity contribution in [3.05, 3.63) is 33.6 Å². The van der Waals surface area contributed by atoms with Gasteiger partial charge in [-0.1, -0.05) is 9.68 Å². The van der Waals surface area contributed by atoms with Gasteiger partial charge in [-0.25, -0.2) is 0 Å². The predicted octanol–water partition coefficient (Wildman–Crippen LogP) is 1.21. The summed E-state index contributed by atoms with van der Waals surface area (Å²) >= 11 is 0. The van der Waals surface area contributed by atoms with E-state index in [0.29, 0.717) is 0 Å². The fourth-order valence-electron chi connectivity index (χ4n) is 1.14. The molecule has 0 saturated carbocycles. The molecule has 1 aliphatic carbocycles. The van der Waals surface area contributed by atoms with Gasteiger partial charge in [0.2, 0.25) is 0 Å². The molecule has 3 atom stereocenters. The molecule has 1 rings (SSSR count). The van der Waals surface area contributed by atoms with E-state index in [2.05, 4.69) is 10.0 Å². The molecule has 0 radical (unpaired) electrons. The fourth-order valence-corrected chi connectivity index (χ4v) is 1.69. The van der Waals surface area contributed by atoms with Crippen LogP contribution in [-0.4, -0.2) is 21.9 Å². The van der Waals surface area contributed by atoms with E-state index in [1.165, 1.54) is 19.1 Å². The Morgan fingerprint density at radius 1 is 1.71 bits per heavy atom. The highest BCUT2D eigenvalue weighted by molar-refractivity contribution is 7.29. The van der Waals surface area contributed by atoms with Gasteiger partial charge < -0.3 is 10.2 Å². The molecule has 14 heavy (non-hydrogen) atoms. The van der Waals surface area contributed by atoms with Crippen molar-refractivity contribution in [3.63, 3.8) is 0 Å². The van der Waals surface area contributed by atoms with Gasteiger partial charge in [-0.05, 0) is 24.6 Å². The summed E-state index contributed by atoms with van der Waals surface area (Å²) in [6, 6.07) is 0. The van der Waals surface area contributed by atoms with Crippen LogP contribution in [-0.2, 0) is 4.57 Å². The monoisotopic (exact) mass is 214 g/mol. The number of allylic oxidation sites excluding steroid dienone is 2. The van der Waals surface area contributed by atoms with Crippen LogP contribution in [0.1, 0.15) is 6.92 Å². The normalized spacial score (nSPS) is 31.8. The molecule has 0 heterocycles. The molecule has 0 amide bonds. The molecule has 3 unspecified atom stereocenters. The summed E-state index contributed by atoms with van der Waals surface area (Å²) in [5, 5.41) is 22.8. The Hall–Kier alpha value is -1.19. The first-order valence-electron chi connectivity index (χ1n) is 3.80. The Morgan fingerprint density at radius 3 is 2.86 bits per heavy atom. The number of hydrogen-bond donors (Lipinski definition) is 2. The van der Waals surface area contributed by atoms with Gasteiger partial charge in [0, 0.05) is 10.6 Å². The van der Waals surface area contributed by atoms with E-state index in [9.17, 15) is 14.8 Å². The summed E-state index contributed by atoms with van der Waals surface area (Å²) in [7, 11) is -0.832. The second kappa shape index (κ2) is 3.90. The summed E-state index contributed by atoms with van der Waals surface area (Å²) < 4.78 is 10.6. The number of aliphatic hydroxyl groups is 2. The maximum absolute atomic E-state index is 10.6. The van der Waals surface area contributed by atoms with E-state index < -0.39 is 20.2 Å². The molecule has 0 aromatic rings. The minimum atomic E-state index is -1.69. The number of aliphatic hydroxyl groups excluding tert-OH is 1.